The highest BCUT2D eigenvalue weighted by Crippen LogP contribution is 2.32. The number of sulfone groups is 1. The summed E-state index contributed by atoms with van der Waals surface area (Å²) in [6, 6.07) is 0. The molecule has 1 aliphatic rings. The molecule has 0 bridgehead atoms. The molecule has 0 heterocycles. The lowest BCUT2D eigenvalue weighted by molar-refractivity contribution is -0.138. The second-order valence-corrected chi connectivity index (χ2v) is 6.78. The summed E-state index contributed by atoms with van der Waals surface area (Å²) in [4.78, 5) is 11.4. The van der Waals surface area contributed by atoms with Crippen molar-refractivity contribution in [1.82, 2.24) is 0 Å². The third-order valence-electron chi connectivity index (χ3n) is 2.97. The van der Waals surface area contributed by atoms with Crippen LogP contribution in [-0.2, 0) is 14.6 Å². The van der Waals surface area contributed by atoms with Gasteiger partial charge in [-0.15, -0.1) is 0 Å². The summed E-state index contributed by atoms with van der Waals surface area (Å²) in [7, 11) is -3.67. The van der Waals surface area contributed by atoms with E-state index in [1.165, 1.54) is 12.2 Å². The topological polar surface area (TPSA) is 71.4 Å². The Hall–Kier alpha value is -1.10. The second-order valence-electron chi connectivity index (χ2n) is 4.42. The molecule has 4 nitrogen and oxygen atoms in total. The van der Waals surface area contributed by atoms with Crippen LogP contribution < -0.4 is 0 Å². The maximum atomic E-state index is 12.2. The minimum absolute atomic E-state index is 0.0465. The first-order chi connectivity index (χ1) is 7.85. The highest BCUT2D eigenvalue weighted by molar-refractivity contribution is 7.93. The van der Waals surface area contributed by atoms with E-state index in [1.54, 1.807) is 13.0 Å². The minimum atomic E-state index is -3.67. The van der Waals surface area contributed by atoms with Gasteiger partial charge in [-0.3, -0.25) is 4.79 Å². The fourth-order valence-electron chi connectivity index (χ4n) is 1.91. The first-order valence-corrected chi connectivity index (χ1v) is 7.31. The molecule has 0 aromatic rings. The van der Waals surface area contributed by atoms with E-state index >= 15 is 0 Å². The average molecular weight is 258 g/mol. The van der Waals surface area contributed by atoms with Gasteiger partial charge in [-0.25, -0.2) is 8.42 Å². The molecule has 0 aliphatic heterocycles. The van der Waals surface area contributed by atoms with Crippen molar-refractivity contribution < 1.29 is 18.3 Å². The molecule has 1 unspecified atom stereocenters. The summed E-state index contributed by atoms with van der Waals surface area (Å²) < 4.78 is 22.6. The van der Waals surface area contributed by atoms with Crippen molar-refractivity contribution in [2.24, 2.45) is 0 Å². The molecule has 0 aromatic heterocycles. The van der Waals surface area contributed by atoms with Crippen LogP contribution in [0.25, 0.3) is 0 Å². The van der Waals surface area contributed by atoms with Gasteiger partial charge in [0.05, 0.1) is 5.75 Å². The maximum absolute atomic E-state index is 12.2. The number of hydrogen-bond donors (Lipinski definition) is 1. The molecule has 0 saturated heterocycles. The van der Waals surface area contributed by atoms with Gasteiger partial charge < -0.3 is 5.11 Å². The molecule has 5 heteroatoms. The molecule has 0 saturated carbocycles. The average Bonchev–Trinajstić information content (AvgIpc) is 2.25. The summed E-state index contributed by atoms with van der Waals surface area (Å²) in [5.74, 6) is -1.36. The SMILES string of the molecule is CCCCS(=O)(=O)C1(C(=O)O)C=CC=C(C)C1. The molecular weight excluding hydrogens is 240 g/mol. The van der Waals surface area contributed by atoms with Crippen molar-refractivity contribution >= 4 is 15.8 Å². The van der Waals surface area contributed by atoms with E-state index in [2.05, 4.69) is 0 Å². The monoisotopic (exact) mass is 258 g/mol. The molecule has 0 radical (unpaired) electrons. The summed E-state index contributed by atoms with van der Waals surface area (Å²) >= 11 is 0. The van der Waals surface area contributed by atoms with Crippen LogP contribution >= 0.6 is 0 Å². The quantitative estimate of drug-likeness (QED) is 0.818. The van der Waals surface area contributed by atoms with E-state index in [9.17, 15) is 18.3 Å². The number of aliphatic carboxylic acids is 1. The predicted octanol–water partition coefficient (Wildman–Crippen LogP) is 1.93. The van der Waals surface area contributed by atoms with Crippen LogP contribution in [0.5, 0.6) is 0 Å². The Morgan fingerprint density at radius 2 is 2.18 bits per heavy atom. The molecule has 1 rings (SSSR count). The largest absolute Gasteiger partial charge is 0.480 e. The Labute approximate surface area is 102 Å². The number of allylic oxidation sites excluding steroid dienone is 3. The molecule has 96 valence electrons. The molecule has 0 aromatic carbocycles. The van der Waals surface area contributed by atoms with E-state index in [0.717, 1.165) is 12.0 Å². The minimum Gasteiger partial charge on any atom is -0.480 e. The molecule has 1 aliphatic carbocycles. The Morgan fingerprint density at radius 1 is 1.53 bits per heavy atom. The zero-order valence-corrected chi connectivity index (χ0v) is 11.0. The van der Waals surface area contributed by atoms with Gasteiger partial charge in [0.2, 0.25) is 0 Å². The highest BCUT2D eigenvalue weighted by atomic mass is 32.2. The van der Waals surface area contributed by atoms with Crippen LogP contribution in [0.1, 0.15) is 33.1 Å². The van der Waals surface area contributed by atoms with Crippen molar-refractivity contribution in [2.75, 3.05) is 5.75 Å². The van der Waals surface area contributed by atoms with Crippen molar-refractivity contribution in [3.8, 4) is 0 Å². The van der Waals surface area contributed by atoms with E-state index < -0.39 is 20.6 Å². The molecule has 17 heavy (non-hydrogen) atoms. The normalized spacial score (nSPS) is 24.5. The predicted molar refractivity (Wildman–Crippen MR) is 66.6 cm³/mol. The van der Waals surface area contributed by atoms with Gasteiger partial charge in [0.15, 0.2) is 14.6 Å². The van der Waals surface area contributed by atoms with Crippen LogP contribution in [0.3, 0.4) is 0 Å². The Balaban J connectivity index is 3.15. The standard InChI is InChI=1S/C12H18O4S/c1-3-4-8-17(15,16)12(11(13)14)7-5-6-10(2)9-12/h5-7H,3-4,8-9H2,1-2H3,(H,13,14). The first-order valence-electron chi connectivity index (χ1n) is 5.66. The number of carboxylic acids is 1. The molecular formula is C12H18O4S. The lowest BCUT2D eigenvalue weighted by atomic mass is 9.94. The van der Waals surface area contributed by atoms with Gasteiger partial charge in [-0.2, -0.15) is 0 Å². The number of carbonyl (C=O) groups is 1. The molecule has 0 fully saturated rings. The number of carboxylic acid groups (broad SMARTS) is 1. The summed E-state index contributed by atoms with van der Waals surface area (Å²) in [5.41, 5.74) is 0.773. The number of hydrogen-bond acceptors (Lipinski definition) is 3. The van der Waals surface area contributed by atoms with Crippen molar-refractivity contribution in [1.29, 1.82) is 0 Å². The van der Waals surface area contributed by atoms with Gasteiger partial charge in [0, 0.05) is 6.42 Å². The summed E-state index contributed by atoms with van der Waals surface area (Å²) in [6.07, 6.45) is 5.84. The van der Waals surface area contributed by atoms with Gasteiger partial charge in [-0.1, -0.05) is 37.1 Å². The molecule has 0 spiro atoms. The van der Waals surface area contributed by atoms with Crippen LogP contribution in [0.4, 0.5) is 0 Å². The lowest BCUT2D eigenvalue weighted by Crippen LogP contribution is -2.47. The zero-order valence-electron chi connectivity index (χ0n) is 10.1. The summed E-state index contributed by atoms with van der Waals surface area (Å²) in [5, 5.41) is 9.28. The Kier molecular flexibility index (Phi) is 4.14. The van der Waals surface area contributed by atoms with Gasteiger partial charge in [-0.05, 0) is 13.3 Å². The van der Waals surface area contributed by atoms with Crippen molar-refractivity contribution in [2.45, 2.75) is 37.9 Å². The van der Waals surface area contributed by atoms with Gasteiger partial charge >= 0.3 is 5.97 Å². The van der Waals surface area contributed by atoms with Crippen LogP contribution in [0, 0.1) is 0 Å². The van der Waals surface area contributed by atoms with Crippen LogP contribution in [-0.4, -0.2) is 30.0 Å². The molecule has 1 N–H and O–H groups in total. The number of unbranched alkanes of at least 4 members (excludes halogenated alkanes) is 1. The Bertz CT molecular complexity index is 459. The maximum Gasteiger partial charge on any atom is 0.329 e. The van der Waals surface area contributed by atoms with Crippen LogP contribution in [0.15, 0.2) is 23.8 Å². The van der Waals surface area contributed by atoms with E-state index in [1.807, 2.05) is 6.92 Å². The fourth-order valence-corrected chi connectivity index (χ4v) is 3.94. The van der Waals surface area contributed by atoms with E-state index in [0.29, 0.717) is 6.42 Å². The first kappa shape index (κ1) is 14.0. The van der Waals surface area contributed by atoms with E-state index in [4.69, 9.17) is 0 Å². The van der Waals surface area contributed by atoms with Crippen molar-refractivity contribution in [3.63, 3.8) is 0 Å². The zero-order chi connectivity index (χ0) is 13.1. The van der Waals surface area contributed by atoms with Crippen LogP contribution in [0.2, 0.25) is 0 Å². The smallest absolute Gasteiger partial charge is 0.329 e. The molecule has 1 atom stereocenters. The fraction of sp³-hybridized carbons (Fsp3) is 0.583. The Morgan fingerprint density at radius 3 is 2.65 bits per heavy atom. The third-order valence-corrected chi connectivity index (χ3v) is 5.36. The molecule has 0 amide bonds. The second kappa shape index (κ2) is 5.04. The summed E-state index contributed by atoms with van der Waals surface area (Å²) in [6.45, 7) is 3.63. The van der Waals surface area contributed by atoms with Gasteiger partial charge in [0.1, 0.15) is 0 Å². The number of rotatable bonds is 5. The van der Waals surface area contributed by atoms with Crippen molar-refractivity contribution in [3.05, 3.63) is 23.8 Å². The highest BCUT2D eigenvalue weighted by Gasteiger charge is 2.48. The lowest BCUT2D eigenvalue weighted by Gasteiger charge is -2.28. The third kappa shape index (κ3) is 2.60. The van der Waals surface area contributed by atoms with Gasteiger partial charge in [0.25, 0.3) is 0 Å². The van der Waals surface area contributed by atoms with E-state index in [-0.39, 0.29) is 12.2 Å².